The second-order valence-corrected chi connectivity index (χ2v) is 8.24. The molecule has 1 fully saturated rings. The molecule has 3 aromatic rings. The van der Waals surface area contributed by atoms with Gasteiger partial charge in [0.05, 0.1) is 22.4 Å². The Bertz CT molecular complexity index is 1140. The lowest BCUT2D eigenvalue weighted by atomic mass is 10.2. The first-order valence-corrected chi connectivity index (χ1v) is 10.6. The lowest BCUT2D eigenvalue weighted by Gasteiger charge is -2.36. The molecule has 0 saturated carbocycles. The SMILES string of the molecule is CNC(=O)c1ccc(N2CCN(Cc3cnc4c(Cl)c(Br)c(=O)[nH]c4c3)CC2)cn1. The van der Waals surface area contributed by atoms with Crippen LogP contribution in [-0.2, 0) is 6.54 Å². The van der Waals surface area contributed by atoms with Gasteiger partial charge < -0.3 is 15.2 Å². The summed E-state index contributed by atoms with van der Waals surface area (Å²) in [5.41, 5.74) is 3.37. The Balaban J connectivity index is 1.40. The molecule has 0 aliphatic carbocycles. The van der Waals surface area contributed by atoms with Crippen molar-refractivity contribution in [1.29, 1.82) is 0 Å². The highest BCUT2D eigenvalue weighted by Crippen LogP contribution is 2.26. The zero-order chi connectivity index (χ0) is 21.3. The van der Waals surface area contributed by atoms with Gasteiger partial charge in [-0.25, -0.2) is 4.98 Å². The third kappa shape index (κ3) is 4.19. The second-order valence-electron chi connectivity index (χ2n) is 7.07. The predicted molar refractivity (Wildman–Crippen MR) is 120 cm³/mol. The third-order valence-electron chi connectivity index (χ3n) is 5.14. The van der Waals surface area contributed by atoms with Gasteiger partial charge in [-0.05, 0) is 39.7 Å². The van der Waals surface area contributed by atoms with Crippen molar-refractivity contribution in [1.82, 2.24) is 25.2 Å². The summed E-state index contributed by atoms with van der Waals surface area (Å²) in [5.74, 6) is -0.189. The van der Waals surface area contributed by atoms with E-state index in [1.54, 1.807) is 25.5 Å². The number of aromatic amines is 1. The second kappa shape index (κ2) is 8.71. The highest BCUT2D eigenvalue weighted by molar-refractivity contribution is 9.10. The van der Waals surface area contributed by atoms with E-state index in [0.717, 1.165) is 44.0 Å². The number of H-pyrrole nitrogens is 1. The molecule has 3 aromatic heterocycles. The minimum absolute atomic E-state index is 0.189. The normalized spacial score (nSPS) is 14.8. The molecule has 1 aliphatic rings. The van der Waals surface area contributed by atoms with Crippen LogP contribution in [0.25, 0.3) is 11.0 Å². The lowest BCUT2D eigenvalue weighted by Crippen LogP contribution is -2.46. The van der Waals surface area contributed by atoms with Gasteiger partial charge in [0.15, 0.2) is 0 Å². The molecule has 1 saturated heterocycles. The number of nitrogens with one attached hydrogen (secondary N) is 2. The quantitative estimate of drug-likeness (QED) is 0.582. The van der Waals surface area contributed by atoms with Gasteiger partial charge in [0.1, 0.15) is 15.7 Å². The van der Waals surface area contributed by atoms with Gasteiger partial charge in [-0.1, -0.05) is 11.6 Å². The molecule has 4 heterocycles. The first kappa shape index (κ1) is 20.8. The number of rotatable bonds is 4. The number of aromatic nitrogens is 3. The molecular weight excluding hydrogens is 472 g/mol. The smallest absolute Gasteiger partial charge is 0.269 e. The summed E-state index contributed by atoms with van der Waals surface area (Å²) in [6, 6.07) is 5.60. The molecule has 1 amide bonds. The van der Waals surface area contributed by atoms with Gasteiger partial charge in [-0.15, -0.1) is 0 Å². The summed E-state index contributed by atoms with van der Waals surface area (Å²) in [7, 11) is 1.59. The molecular formula is C20H20BrClN6O2. The maximum atomic E-state index is 11.9. The number of hydrogen-bond donors (Lipinski definition) is 2. The number of fused-ring (bicyclic) bond motifs is 1. The van der Waals surface area contributed by atoms with E-state index in [1.807, 2.05) is 12.1 Å². The van der Waals surface area contributed by atoms with Crippen LogP contribution in [0.5, 0.6) is 0 Å². The van der Waals surface area contributed by atoms with Crippen molar-refractivity contribution in [2.24, 2.45) is 0 Å². The number of halogens is 2. The fourth-order valence-electron chi connectivity index (χ4n) is 3.50. The average Bonchev–Trinajstić information content (AvgIpc) is 2.77. The summed E-state index contributed by atoms with van der Waals surface area (Å²) in [6.45, 7) is 4.22. The topological polar surface area (TPSA) is 94.2 Å². The Morgan fingerprint density at radius 2 is 2.00 bits per heavy atom. The van der Waals surface area contributed by atoms with Crippen molar-refractivity contribution < 1.29 is 4.79 Å². The molecule has 0 spiro atoms. The number of pyridine rings is 3. The maximum absolute atomic E-state index is 11.9. The van der Waals surface area contributed by atoms with Gasteiger partial charge in [0, 0.05) is 46.0 Å². The van der Waals surface area contributed by atoms with Crippen molar-refractivity contribution in [3.8, 4) is 0 Å². The molecule has 10 heteroatoms. The highest BCUT2D eigenvalue weighted by Gasteiger charge is 2.19. The van der Waals surface area contributed by atoms with Gasteiger partial charge in [0.25, 0.3) is 11.5 Å². The van der Waals surface area contributed by atoms with Gasteiger partial charge in [-0.3, -0.25) is 19.5 Å². The zero-order valence-electron chi connectivity index (χ0n) is 16.3. The zero-order valence-corrected chi connectivity index (χ0v) is 18.6. The van der Waals surface area contributed by atoms with E-state index in [0.29, 0.717) is 26.2 Å². The van der Waals surface area contributed by atoms with E-state index in [-0.39, 0.29) is 11.5 Å². The van der Waals surface area contributed by atoms with Gasteiger partial charge in [-0.2, -0.15) is 0 Å². The molecule has 0 aromatic carbocycles. The Morgan fingerprint density at radius 3 is 2.67 bits per heavy atom. The number of carbonyl (C=O) groups is 1. The molecule has 0 unspecified atom stereocenters. The van der Waals surface area contributed by atoms with Crippen LogP contribution in [0.1, 0.15) is 16.1 Å². The molecule has 156 valence electrons. The number of piperazine rings is 1. The van der Waals surface area contributed by atoms with E-state index in [4.69, 9.17) is 11.6 Å². The molecule has 4 rings (SSSR count). The molecule has 30 heavy (non-hydrogen) atoms. The summed E-state index contributed by atoms with van der Waals surface area (Å²) in [6.07, 6.45) is 3.54. The van der Waals surface area contributed by atoms with Crippen LogP contribution >= 0.6 is 27.5 Å². The fourth-order valence-corrected chi connectivity index (χ4v) is 4.03. The molecule has 1 aliphatic heterocycles. The van der Waals surface area contributed by atoms with Crippen LogP contribution in [0.15, 0.2) is 39.9 Å². The Kier molecular flexibility index (Phi) is 6.03. The Hall–Kier alpha value is -2.49. The average molecular weight is 492 g/mol. The first-order valence-electron chi connectivity index (χ1n) is 9.47. The van der Waals surface area contributed by atoms with E-state index >= 15 is 0 Å². The summed E-state index contributed by atoms with van der Waals surface area (Å²) >= 11 is 9.40. The number of carbonyl (C=O) groups excluding carboxylic acids is 1. The maximum Gasteiger partial charge on any atom is 0.269 e. The van der Waals surface area contributed by atoms with E-state index in [9.17, 15) is 9.59 Å². The standard InChI is InChI=1S/C20H20BrClN6O2/c1-23-19(29)14-3-2-13(10-24-14)28-6-4-27(5-7-28)11-12-8-15-18(25-9-12)17(22)16(21)20(30)26-15/h2-3,8-10H,4-7,11H2,1H3,(H,23,29)(H,26,30). The monoisotopic (exact) mass is 490 g/mol. The molecule has 0 radical (unpaired) electrons. The molecule has 2 N–H and O–H groups in total. The summed E-state index contributed by atoms with van der Waals surface area (Å²) < 4.78 is 0.297. The van der Waals surface area contributed by atoms with Crippen molar-refractivity contribution in [2.75, 3.05) is 38.1 Å². The van der Waals surface area contributed by atoms with Crippen molar-refractivity contribution >= 4 is 50.2 Å². The third-order valence-corrected chi connectivity index (χ3v) is 6.50. The number of amides is 1. The Labute approximate surface area is 186 Å². The summed E-state index contributed by atoms with van der Waals surface area (Å²) in [4.78, 5) is 39.6. The molecule has 0 atom stereocenters. The predicted octanol–water partition coefficient (Wildman–Crippen LogP) is 2.42. The van der Waals surface area contributed by atoms with Crippen molar-refractivity contribution in [3.63, 3.8) is 0 Å². The van der Waals surface area contributed by atoms with Gasteiger partial charge in [0.2, 0.25) is 0 Å². The Morgan fingerprint density at radius 1 is 1.23 bits per heavy atom. The molecule has 0 bridgehead atoms. The highest BCUT2D eigenvalue weighted by atomic mass is 79.9. The minimum atomic E-state index is -0.267. The van der Waals surface area contributed by atoms with Crippen LogP contribution < -0.4 is 15.8 Å². The van der Waals surface area contributed by atoms with Crippen molar-refractivity contribution in [3.05, 3.63) is 61.7 Å². The first-order chi connectivity index (χ1) is 14.5. The van der Waals surface area contributed by atoms with Crippen LogP contribution in [0.4, 0.5) is 5.69 Å². The van der Waals surface area contributed by atoms with Crippen molar-refractivity contribution in [2.45, 2.75) is 6.54 Å². The van der Waals surface area contributed by atoms with E-state index in [2.05, 4.69) is 46.0 Å². The van der Waals surface area contributed by atoms with Crippen LogP contribution in [0.2, 0.25) is 5.02 Å². The number of anilines is 1. The largest absolute Gasteiger partial charge is 0.368 e. The van der Waals surface area contributed by atoms with Crippen LogP contribution in [0.3, 0.4) is 0 Å². The fraction of sp³-hybridized carbons (Fsp3) is 0.300. The summed E-state index contributed by atoms with van der Waals surface area (Å²) in [5, 5.41) is 2.90. The minimum Gasteiger partial charge on any atom is -0.368 e. The van der Waals surface area contributed by atoms with Crippen LogP contribution in [0, 0.1) is 0 Å². The van der Waals surface area contributed by atoms with Crippen LogP contribution in [-0.4, -0.2) is 59.0 Å². The van der Waals surface area contributed by atoms with Gasteiger partial charge >= 0.3 is 0 Å². The van der Waals surface area contributed by atoms with E-state index < -0.39 is 0 Å². The number of hydrogen-bond acceptors (Lipinski definition) is 6. The molecule has 8 nitrogen and oxygen atoms in total. The number of nitrogens with zero attached hydrogens (tertiary/aromatic N) is 4. The lowest BCUT2D eigenvalue weighted by molar-refractivity contribution is 0.0958. The van der Waals surface area contributed by atoms with E-state index in [1.165, 1.54) is 0 Å².